The minimum atomic E-state index is -0.807. The molecule has 1 unspecified atom stereocenters. The zero-order valence-corrected chi connectivity index (χ0v) is 13.6. The molecule has 0 aliphatic rings. The lowest BCUT2D eigenvalue weighted by atomic mass is 9.90. The molecule has 0 aliphatic heterocycles. The Balaban J connectivity index is 4.86. The number of carbonyl (C=O) groups is 2. The van der Waals surface area contributed by atoms with Crippen molar-refractivity contribution < 1.29 is 19.1 Å². The Bertz CT molecular complexity index is 346. The second-order valence-electron chi connectivity index (χ2n) is 6.50. The molecule has 118 valence electrons. The normalized spacial score (nSPS) is 14.1. The molecule has 0 saturated carbocycles. The highest BCUT2D eigenvalue weighted by atomic mass is 16.5. The van der Waals surface area contributed by atoms with Crippen LogP contribution in [0.25, 0.3) is 0 Å². The van der Waals surface area contributed by atoms with Crippen molar-refractivity contribution in [1.29, 1.82) is 0 Å². The maximum absolute atomic E-state index is 12.1. The second-order valence-corrected chi connectivity index (χ2v) is 6.50. The molecule has 0 aromatic rings. The van der Waals surface area contributed by atoms with Crippen LogP contribution in [0.4, 0.5) is 0 Å². The highest BCUT2D eigenvalue weighted by molar-refractivity contribution is 5.78. The van der Waals surface area contributed by atoms with Crippen LogP contribution in [0.2, 0.25) is 0 Å². The lowest BCUT2D eigenvalue weighted by Crippen LogP contribution is -2.60. The number of esters is 2. The molecule has 0 aliphatic carbocycles. The van der Waals surface area contributed by atoms with Crippen LogP contribution in [0, 0.1) is 5.41 Å². The van der Waals surface area contributed by atoms with E-state index in [2.05, 4.69) is 5.32 Å². The number of rotatable bonds is 7. The van der Waals surface area contributed by atoms with Gasteiger partial charge in [0.15, 0.2) is 0 Å². The van der Waals surface area contributed by atoms with Gasteiger partial charge in [0.25, 0.3) is 0 Å². The summed E-state index contributed by atoms with van der Waals surface area (Å²) in [7, 11) is 1.33. The number of carbonyl (C=O) groups excluding carboxylic acids is 2. The van der Waals surface area contributed by atoms with Crippen molar-refractivity contribution in [1.82, 2.24) is 5.32 Å². The van der Waals surface area contributed by atoms with E-state index in [-0.39, 0.29) is 18.6 Å². The van der Waals surface area contributed by atoms with Gasteiger partial charge in [-0.15, -0.1) is 0 Å². The molecule has 3 N–H and O–H groups in total. The van der Waals surface area contributed by atoms with Crippen LogP contribution in [-0.2, 0) is 19.1 Å². The van der Waals surface area contributed by atoms with Crippen LogP contribution in [-0.4, -0.2) is 43.3 Å². The molecule has 0 radical (unpaired) electrons. The third kappa shape index (κ3) is 5.88. The number of hydrogen-bond acceptors (Lipinski definition) is 6. The number of hydrogen-bond donors (Lipinski definition) is 2. The first kappa shape index (κ1) is 18.9. The van der Waals surface area contributed by atoms with Crippen LogP contribution in [0.3, 0.4) is 0 Å². The van der Waals surface area contributed by atoms with Crippen molar-refractivity contribution >= 4 is 11.9 Å². The third-order valence-corrected chi connectivity index (χ3v) is 2.82. The van der Waals surface area contributed by atoms with E-state index in [4.69, 9.17) is 15.2 Å². The Morgan fingerprint density at radius 3 is 2.05 bits per heavy atom. The van der Waals surface area contributed by atoms with E-state index >= 15 is 0 Å². The van der Waals surface area contributed by atoms with Gasteiger partial charge in [0.05, 0.1) is 18.6 Å². The van der Waals surface area contributed by atoms with Crippen molar-refractivity contribution in [3.8, 4) is 0 Å². The summed E-state index contributed by atoms with van der Waals surface area (Å²) in [6, 6.07) is -0.700. The van der Waals surface area contributed by atoms with E-state index in [0.29, 0.717) is 0 Å². The van der Waals surface area contributed by atoms with Crippen LogP contribution in [0.15, 0.2) is 0 Å². The van der Waals surface area contributed by atoms with E-state index in [0.717, 1.165) is 0 Å². The third-order valence-electron chi connectivity index (χ3n) is 2.82. The van der Waals surface area contributed by atoms with E-state index in [1.165, 1.54) is 7.11 Å². The molecular formula is C14H28N2O4. The van der Waals surface area contributed by atoms with Gasteiger partial charge in [-0.2, -0.15) is 0 Å². The lowest BCUT2D eigenvalue weighted by Gasteiger charge is -2.32. The summed E-state index contributed by atoms with van der Waals surface area (Å²) >= 11 is 0. The van der Waals surface area contributed by atoms with Gasteiger partial charge in [0.2, 0.25) is 0 Å². The minimum absolute atomic E-state index is 0.220. The van der Waals surface area contributed by atoms with E-state index in [1.54, 1.807) is 41.5 Å². The van der Waals surface area contributed by atoms with Gasteiger partial charge in [-0.05, 0) is 41.5 Å². The zero-order chi connectivity index (χ0) is 16.1. The minimum Gasteiger partial charge on any atom is -0.469 e. The number of methoxy groups -OCH3 is 1. The summed E-state index contributed by atoms with van der Waals surface area (Å²) in [5.41, 5.74) is 4.45. The Morgan fingerprint density at radius 1 is 1.20 bits per heavy atom. The van der Waals surface area contributed by atoms with Gasteiger partial charge in [0, 0.05) is 12.1 Å². The summed E-state index contributed by atoms with van der Waals surface area (Å²) in [4.78, 5) is 23.7. The Morgan fingerprint density at radius 2 is 1.70 bits per heavy atom. The average Bonchev–Trinajstić information content (AvgIpc) is 2.24. The van der Waals surface area contributed by atoms with Crippen molar-refractivity contribution in [2.24, 2.45) is 11.1 Å². The van der Waals surface area contributed by atoms with Gasteiger partial charge in [-0.25, -0.2) is 0 Å². The highest BCUT2D eigenvalue weighted by Crippen LogP contribution is 2.17. The first-order valence-electron chi connectivity index (χ1n) is 6.73. The van der Waals surface area contributed by atoms with Gasteiger partial charge in [0.1, 0.15) is 6.04 Å². The average molecular weight is 288 g/mol. The molecule has 0 amide bonds. The predicted molar refractivity (Wildman–Crippen MR) is 77.1 cm³/mol. The van der Waals surface area contributed by atoms with Gasteiger partial charge >= 0.3 is 11.9 Å². The summed E-state index contributed by atoms with van der Waals surface area (Å²) in [5.74, 6) is -0.774. The Hall–Kier alpha value is -1.14. The quantitative estimate of drug-likeness (QED) is 0.674. The first-order valence-corrected chi connectivity index (χ1v) is 6.73. The van der Waals surface area contributed by atoms with Crippen LogP contribution < -0.4 is 11.1 Å². The standard InChI is InChI=1S/C14H28N2O4/c1-9(2)20-11(17)10(14(5,6)15)16-8-13(3,4)12(18)19-7/h9-10,16H,8,15H2,1-7H3. The maximum atomic E-state index is 12.1. The summed E-state index contributed by atoms with van der Waals surface area (Å²) < 4.78 is 9.92. The summed E-state index contributed by atoms with van der Waals surface area (Å²) in [5, 5.41) is 3.02. The van der Waals surface area contributed by atoms with E-state index in [9.17, 15) is 9.59 Å². The number of ether oxygens (including phenoxy) is 2. The lowest BCUT2D eigenvalue weighted by molar-refractivity contribution is -0.154. The van der Waals surface area contributed by atoms with Gasteiger partial charge in [-0.3, -0.25) is 9.59 Å². The molecule has 1 atom stereocenters. The van der Waals surface area contributed by atoms with Crippen molar-refractivity contribution in [3.05, 3.63) is 0 Å². The topological polar surface area (TPSA) is 90.6 Å². The fraction of sp³-hybridized carbons (Fsp3) is 0.857. The molecule has 6 nitrogen and oxygen atoms in total. The fourth-order valence-electron chi connectivity index (χ4n) is 1.66. The zero-order valence-electron chi connectivity index (χ0n) is 13.6. The largest absolute Gasteiger partial charge is 0.469 e. The smallest absolute Gasteiger partial charge is 0.325 e. The molecule has 20 heavy (non-hydrogen) atoms. The molecule has 0 saturated heterocycles. The van der Waals surface area contributed by atoms with Crippen molar-refractivity contribution in [3.63, 3.8) is 0 Å². The molecule has 0 fully saturated rings. The van der Waals surface area contributed by atoms with Crippen LogP contribution in [0.5, 0.6) is 0 Å². The first-order chi connectivity index (χ1) is 8.91. The maximum Gasteiger partial charge on any atom is 0.325 e. The highest BCUT2D eigenvalue weighted by Gasteiger charge is 2.37. The Labute approximate surface area is 121 Å². The molecular weight excluding hydrogens is 260 g/mol. The van der Waals surface area contributed by atoms with E-state index in [1.807, 2.05) is 0 Å². The number of nitrogens with two attached hydrogens (primary N) is 1. The summed E-state index contributed by atoms with van der Waals surface area (Å²) in [6.07, 6.45) is -0.220. The van der Waals surface area contributed by atoms with Crippen molar-refractivity contribution in [2.75, 3.05) is 13.7 Å². The molecule has 0 aromatic heterocycles. The molecule has 0 spiro atoms. The second kappa shape index (κ2) is 7.04. The number of nitrogens with one attached hydrogen (secondary N) is 1. The molecule has 6 heteroatoms. The molecule has 0 rings (SSSR count). The predicted octanol–water partition coefficient (Wildman–Crippen LogP) is 0.833. The fourth-order valence-corrected chi connectivity index (χ4v) is 1.66. The van der Waals surface area contributed by atoms with Crippen molar-refractivity contribution in [2.45, 2.75) is 59.2 Å². The van der Waals surface area contributed by atoms with Gasteiger partial charge < -0.3 is 20.5 Å². The molecule has 0 heterocycles. The van der Waals surface area contributed by atoms with Crippen LogP contribution in [0.1, 0.15) is 41.5 Å². The molecule has 0 bridgehead atoms. The SMILES string of the molecule is COC(=O)C(C)(C)CNC(C(=O)OC(C)C)C(C)(C)N. The Kier molecular flexibility index (Phi) is 6.64. The van der Waals surface area contributed by atoms with Gasteiger partial charge in [-0.1, -0.05) is 0 Å². The monoisotopic (exact) mass is 288 g/mol. The molecule has 0 aromatic carbocycles. The van der Waals surface area contributed by atoms with Crippen LogP contribution >= 0.6 is 0 Å². The van der Waals surface area contributed by atoms with E-state index < -0.39 is 23.0 Å². The summed E-state index contributed by atoms with van der Waals surface area (Å²) in [6.45, 7) is 10.8.